The number of rotatable bonds is 5. The first-order valence-corrected chi connectivity index (χ1v) is 5.21. The largest absolute Gasteiger partial charge is 0.426 e. The molecule has 0 unspecified atom stereocenters. The van der Waals surface area contributed by atoms with Crippen LogP contribution in [0.2, 0.25) is 0 Å². The molecule has 0 aliphatic heterocycles. The van der Waals surface area contributed by atoms with E-state index in [-0.39, 0.29) is 5.91 Å². The van der Waals surface area contributed by atoms with Gasteiger partial charge >= 0.3 is 0 Å². The van der Waals surface area contributed by atoms with Crippen molar-refractivity contribution in [2.45, 2.75) is 6.42 Å². The molecule has 1 aromatic carbocycles. The van der Waals surface area contributed by atoms with Gasteiger partial charge in [0.15, 0.2) is 0 Å². The van der Waals surface area contributed by atoms with Crippen LogP contribution >= 0.6 is 12.0 Å². The number of nitrogens with two attached hydrogens (primary N) is 1. The highest BCUT2D eigenvalue weighted by Gasteiger charge is 1.98. The molecule has 0 bridgehead atoms. The molecule has 0 saturated heterocycles. The average Bonchev–Trinajstić information content (AvgIpc) is 2.25. The van der Waals surface area contributed by atoms with Crippen LogP contribution in [0, 0.1) is 11.3 Å². The summed E-state index contributed by atoms with van der Waals surface area (Å²) >= 11 is 1.16. The van der Waals surface area contributed by atoms with E-state index in [2.05, 4.69) is 0 Å². The molecule has 0 aliphatic rings. The highest BCUT2D eigenvalue weighted by atomic mass is 32.2. The Bertz CT molecular complexity index is 370. The second-order valence-electron chi connectivity index (χ2n) is 2.76. The lowest BCUT2D eigenvalue weighted by Gasteiger charge is -2.02. The minimum atomic E-state index is -0.342. The Balaban J connectivity index is 2.32. The molecule has 0 atom stereocenters. The zero-order chi connectivity index (χ0) is 11.1. The summed E-state index contributed by atoms with van der Waals surface area (Å²) in [6.45, 7) is 0. The second-order valence-corrected chi connectivity index (χ2v) is 3.57. The smallest absolute Gasteiger partial charge is 0.218 e. The van der Waals surface area contributed by atoms with Crippen molar-refractivity contribution in [3.63, 3.8) is 0 Å². The van der Waals surface area contributed by atoms with Crippen molar-refractivity contribution in [1.82, 2.24) is 0 Å². The van der Waals surface area contributed by atoms with Gasteiger partial charge in [0.25, 0.3) is 0 Å². The van der Waals surface area contributed by atoms with Crippen LogP contribution in [0.1, 0.15) is 12.0 Å². The number of carbonyl (C=O) groups is 1. The maximum atomic E-state index is 10.4. The van der Waals surface area contributed by atoms with Crippen LogP contribution in [0.4, 0.5) is 0 Å². The Morgan fingerprint density at radius 2 is 2.13 bits per heavy atom. The monoisotopic (exact) mass is 222 g/mol. The van der Waals surface area contributed by atoms with E-state index in [0.717, 1.165) is 12.0 Å². The van der Waals surface area contributed by atoms with Crippen molar-refractivity contribution in [1.29, 1.82) is 5.26 Å². The Hall–Kier alpha value is -1.67. The van der Waals surface area contributed by atoms with Gasteiger partial charge in [0, 0.05) is 12.2 Å². The molecule has 1 rings (SSSR count). The number of nitriles is 1. The summed E-state index contributed by atoms with van der Waals surface area (Å²) < 4.78 is 5.26. The maximum absolute atomic E-state index is 10.4. The highest BCUT2D eigenvalue weighted by Crippen LogP contribution is 2.17. The van der Waals surface area contributed by atoms with Crippen molar-refractivity contribution in [2.24, 2.45) is 5.73 Å². The molecule has 4 nitrogen and oxygen atoms in total. The lowest BCUT2D eigenvalue weighted by atomic mass is 10.2. The van der Waals surface area contributed by atoms with E-state index >= 15 is 0 Å². The predicted molar refractivity (Wildman–Crippen MR) is 58.1 cm³/mol. The zero-order valence-corrected chi connectivity index (χ0v) is 8.79. The number of hydrogen-bond donors (Lipinski definition) is 1. The summed E-state index contributed by atoms with van der Waals surface area (Å²) in [5, 5.41) is 8.56. The topological polar surface area (TPSA) is 76.1 Å². The Morgan fingerprint density at radius 1 is 1.47 bits per heavy atom. The third kappa shape index (κ3) is 4.38. The van der Waals surface area contributed by atoms with Gasteiger partial charge in [0.1, 0.15) is 5.75 Å². The minimum absolute atomic E-state index is 0.293. The van der Waals surface area contributed by atoms with E-state index in [1.165, 1.54) is 0 Å². The van der Waals surface area contributed by atoms with Crippen LogP contribution < -0.4 is 9.92 Å². The summed E-state index contributed by atoms with van der Waals surface area (Å²) in [7, 11) is 0. The molecule has 0 aliphatic carbocycles. The third-order valence-electron chi connectivity index (χ3n) is 1.57. The molecule has 0 fully saturated rings. The van der Waals surface area contributed by atoms with E-state index in [0.29, 0.717) is 23.5 Å². The van der Waals surface area contributed by atoms with E-state index in [9.17, 15) is 4.79 Å². The second kappa shape index (κ2) is 5.94. The Kier molecular flexibility index (Phi) is 4.51. The van der Waals surface area contributed by atoms with Gasteiger partial charge in [-0.05, 0) is 24.3 Å². The number of amides is 1. The van der Waals surface area contributed by atoms with Crippen LogP contribution in [0.5, 0.6) is 5.75 Å². The number of carbonyl (C=O) groups excluding carboxylic acids is 1. The van der Waals surface area contributed by atoms with Crippen molar-refractivity contribution in [2.75, 3.05) is 5.75 Å². The molecule has 0 saturated carbocycles. The summed E-state index contributed by atoms with van der Waals surface area (Å²) in [5.41, 5.74) is 5.55. The number of primary amides is 1. The Morgan fingerprint density at radius 3 is 2.67 bits per heavy atom. The van der Waals surface area contributed by atoms with Crippen LogP contribution in [-0.2, 0) is 4.79 Å². The van der Waals surface area contributed by atoms with Gasteiger partial charge in [-0.3, -0.25) is 4.79 Å². The summed E-state index contributed by atoms with van der Waals surface area (Å²) in [6.07, 6.45) is 0.293. The number of hydrogen-bond acceptors (Lipinski definition) is 4. The highest BCUT2D eigenvalue weighted by molar-refractivity contribution is 7.95. The zero-order valence-electron chi connectivity index (χ0n) is 7.97. The lowest BCUT2D eigenvalue weighted by molar-refractivity contribution is -0.117. The molecule has 78 valence electrons. The van der Waals surface area contributed by atoms with Gasteiger partial charge in [-0.1, -0.05) is 0 Å². The molecule has 0 aromatic heterocycles. The van der Waals surface area contributed by atoms with Gasteiger partial charge in [0.2, 0.25) is 5.91 Å². The summed E-state index contributed by atoms with van der Waals surface area (Å²) in [6, 6.07) is 8.76. The SMILES string of the molecule is N#Cc1ccc(OSCCC(N)=O)cc1. The van der Waals surface area contributed by atoms with E-state index in [4.69, 9.17) is 15.2 Å². The van der Waals surface area contributed by atoms with Crippen molar-refractivity contribution >= 4 is 17.9 Å². The number of benzene rings is 1. The van der Waals surface area contributed by atoms with Gasteiger partial charge in [-0.25, -0.2) is 0 Å². The Labute approximate surface area is 92.2 Å². The quantitative estimate of drug-likeness (QED) is 0.604. The average molecular weight is 222 g/mol. The summed E-state index contributed by atoms with van der Waals surface area (Å²) in [5.74, 6) is 0.837. The van der Waals surface area contributed by atoms with Crippen molar-refractivity contribution in [3.8, 4) is 11.8 Å². The van der Waals surface area contributed by atoms with Gasteiger partial charge in [-0.2, -0.15) is 5.26 Å². The molecule has 1 aromatic rings. The number of nitrogens with zero attached hydrogens (tertiary/aromatic N) is 1. The fourth-order valence-corrected chi connectivity index (χ4v) is 1.45. The van der Waals surface area contributed by atoms with E-state index in [1.807, 2.05) is 6.07 Å². The molecule has 5 heteroatoms. The van der Waals surface area contributed by atoms with Crippen LogP contribution in [0.3, 0.4) is 0 Å². The molecular formula is C10H10N2O2S. The first-order valence-electron chi connectivity index (χ1n) is 4.30. The lowest BCUT2D eigenvalue weighted by Crippen LogP contribution is -2.11. The van der Waals surface area contributed by atoms with Crippen LogP contribution in [0.15, 0.2) is 24.3 Å². The first-order chi connectivity index (χ1) is 7.22. The molecule has 1 amide bonds. The normalized spacial score (nSPS) is 9.27. The van der Waals surface area contributed by atoms with Crippen LogP contribution in [-0.4, -0.2) is 11.7 Å². The van der Waals surface area contributed by atoms with Gasteiger partial charge in [-0.15, -0.1) is 0 Å². The molecule has 0 radical (unpaired) electrons. The van der Waals surface area contributed by atoms with Crippen molar-refractivity contribution in [3.05, 3.63) is 29.8 Å². The van der Waals surface area contributed by atoms with Crippen LogP contribution in [0.25, 0.3) is 0 Å². The third-order valence-corrected chi connectivity index (χ3v) is 2.25. The molecule has 0 heterocycles. The first kappa shape index (κ1) is 11.4. The summed E-state index contributed by atoms with van der Waals surface area (Å²) in [4.78, 5) is 10.4. The standard InChI is InChI=1S/C10H10N2O2S/c11-7-8-1-3-9(4-2-8)14-15-6-5-10(12)13/h1-4H,5-6H2,(H2,12,13). The minimum Gasteiger partial charge on any atom is -0.426 e. The fourth-order valence-electron chi connectivity index (χ4n) is 0.837. The van der Waals surface area contributed by atoms with E-state index in [1.54, 1.807) is 24.3 Å². The molecule has 15 heavy (non-hydrogen) atoms. The molecule has 0 spiro atoms. The fraction of sp³-hybridized carbons (Fsp3) is 0.200. The van der Waals surface area contributed by atoms with Gasteiger partial charge < -0.3 is 9.92 Å². The van der Waals surface area contributed by atoms with Gasteiger partial charge in [0.05, 0.1) is 23.7 Å². The molecular weight excluding hydrogens is 212 g/mol. The predicted octanol–water partition coefficient (Wildman–Crippen LogP) is 1.46. The van der Waals surface area contributed by atoms with Crippen molar-refractivity contribution < 1.29 is 8.98 Å². The molecule has 2 N–H and O–H groups in total. The van der Waals surface area contributed by atoms with E-state index < -0.39 is 0 Å². The maximum Gasteiger partial charge on any atom is 0.218 e.